The van der Waals surface area contributed by atoms with Gasteiger partial charge in [0.25, 0.3) is 0 Å². The van der Waals surface area contributed by atoms with Gasteiger partial charge in [0, 0.05) is 0 Å². The van der Waals surface area contributed by atoms with Crippen LogP contribution in [-0.4, -0.2) is 18.0 Å². The van der Waals surface area contributed by atoms with Crippen molar-refractivity contribution in [1.82, 2.24) is 0 Å². The van der Waals surface area contributed by atoms with Crippen LogP contribution >= 0.6 is 0 Å². The maximum atomic E-state index is 10.8. The van der Waals surface area contributed by atoms with E-state index in [2.05, 4.69) is 4.89 Å². The summed E-state index contributed by atoms with van der Waals surface area (Å²) in [4.78, 5) is 3.90. The normalized spacial score (nSPS) is 13.4. The lowest BCUT2D eigenvalue weighted by Crippen LogP contribution is -2.01. The van der Waals surface area contributed by atoms with Gasteiger partial charge in [0.2, 0.25) is 0 Å². The Morgan fingerprint density at radius 1 is 1.36 bits per heavy atom. The minimum atomic E-state index is -0.398. The SMILES string of the molecule is CCC([O])CCCCCOO. The molecule has 0 rings (SSSR count). The molecule has 67 valence electrons. The van der Waals surface area contributed by atoms with Gasteiger partial charge in [-0.05, 0) is 19.3 Å². The van der Waals surface area contributed by atoms with Gasteiger partial charge >= 0.3 is 0 Å². The summed E-state index contributed by atoms with van der Waals surface area (Å²) in [5.74, 6) is 0. The Bertz CT molecular complexity index is 75.7. The number of rotatable bonds is 7. The van der Waals surface area contributed by atoms with Crippen LogP contribution in [0.15, 0.2) is 0 Å². The molecule has 0 aromatic heterocycles. The van der Waals surface area contributed by atoms with E-state index in [1.165, 1.54) is 0 Å². The van der Waals surface area contributed by atoms with E-state index >= 15 is 0 Å². The molecule has 3 heteroatoms. The van der Waals surface area contributed by atoms with Crippen LogP contribution in [0.25, 0.3) is 0 Å². The van der Waals surface area contributed by atoms with Crippen LogP contribution in [0.5, 0.6) is 0 Å². The van der Waals surface area contributed by atoms with Crippen molar-refractivity contribution in [1.29, 1.82) is 0 Å². The standard InChI is InChI=1S/C8H17O3/c1-2-8(9)6-4-3-5-7-11-10/h8,10H,2-7H2,1H3. The summed E-state index contributed by atoms with van der Waals surface area (Å²) < 4.78 is 0. The predicted molar refractivity (Wildman–Crippen MR) is 41.8 cm³/mol. The molecule has 1 radical (unpaired) electrons. The van der Waals surface area contributed by atoms with Crippen LogP contribution in [0, 0.1) is 0 Å². The maximum absolute atomic E-state index is 10.8. The first kappa shape index (κ1) is 10.9. The van der Waals surface area contributed by atoms with Gasteiger partial charge in [-0.15, -0.1) is 0 Å². The van der Waals surface area contributed by atoms with Gasteiger partial charge in [-0.2, -0.15) is 0 Å². The van der Waals surface area contributed by atoms with Gasteiger partial charge in [0.05, 0.1) is 12.7 Å². The van der Waals surface area contributed by atoms with Crippen molar-refractivity contribution in [2.75, 3.05) is 6.61 Å². The van der Waals surface area contributed by atoms with Gasteiger partial charge in [-0.25, -0.2) is 9.99 Å². The van der Waals surface area contributed by atoms with E-state index in [1.807, 2.05) is 6.92 Å². The molecule has 0 saturated carbocycles. The van der Waals surface area contributed by atoms with E-state index in [0.717, 1.165) is 32.1 Å². The van der Waals surface area contributed by atoms with Crippen molar-refractivity contribution in [3.05, 3.63) is 0 Å². The molecule has 0 aliphatic heterocycles. The van der Waals surface area contributed by atoms with Gasteiger partial charge in [-0.1, -0.05) is 19.8 Å². The Kier molecular flexibility index (Phi) is 7.89. The van der Waals surface area contributed by atoms with E-state index in [0.29, 0.717) is 6.61 Å². The summed E-state index contributed by atoms with van der Waals surface area (Å²) >= 11 is 0. The monoisotopic (exact) mass is 161 g/mol. The average Bonchev–Trinajstić information content (AvgIpc) is 2.04. The zero-order chi connectivity index (χ0) is 8.53. The minimum Gasteiger partial charge on any atom is -0.252 e. The highest BCUT2D eigenvalue weighted by Crippen LogP contribution is 2.06. The molecule has 0 saturated heterocycles. The third kappa shape index (κ3) is 7.78. The minimum absolute atomic E-state index is 0.385. The molecule has 0 heterocycles. The lowest BCUT2D eigenvalue weighted by Gasteiger charge is -2.03. The topological polar surface area (TPSA) is 49.4 Å². The summed E-state index contributed by atoms with van der Waals surface area (Å²) in [6.07, 6.45) is 3.83. The van der Waals surface area contributed by atoms with Gasteiger partial charge < -0.3 is 0 Å². The highest BCUT2D eigenvalue weighted by Gasteiger charge is 2.01. The highest BCUT2D eigenvalue weighted by atomic mass is 17.1. The predicted octanol–water partition coefficient (Wildman–Crippen LogP) is 2.25. The first-order valence-corrected chi connectivity index (χ1v) is 4.23. The van der Waals surface area contributed by atoms with Gasteiger partial charge in [0.15, 0.2) is 0 Å². The maximum Gasteiger partial charge on any atom is 0.0927 e. The van der Waals surface area contributed by atoms with Crippen LogP contribution in [0.2, 0.25) is 0 Å². The lowest BCUT2D eigenvalue weighted by atomic mass is 10.1. The molecule has 3 nitrogen and oxygen atoms in total. The first-order valence-electron chi connectivity index (χ1n) is 4.23. The molecule has 0 bridgehead atoms. The Morgan fingerprint density at radius 3 is 2.64 bits per heavy atom. The molecule has 0 aromatic rings. The van der Waals surface area contributed by atoms with Crippen molar-refractivity contribution >= 4 is 0 Å². The second-order valence-corrected chi connectivity index (χ2v) is 2.71. The van der Waals surface area contributed by atoms with E-state index in [-0.39, 0.29) is 0 Å². The van der Waals surface area contributed by atoms with Crippen LogP contribution in [0.1, 0.15) is 39.0 Å². The fourth-order valence-electron chi connectivity index (χ4n) is 0.920. The third-order valence-electron chi connectivity index (χ3n) is 1.72. The lowest BCUT2D eigenvalue weighted by molar-refractivity contribution is -0.242. The summed E-state index contributed by atoms with van der Waals surface area (Å²) in [6.45, 7) is 2.30. The Balaban J connectivity index is 2.89. The van der Waals surface area contributed by atoms with Crippen molar-refractivity contribution < 1.29 is 15.3 Å². The van der Waals surface area contributed by atoms with Crippen LogP contribution < -0.4 is 0 Å². The second-order valence-electron chi connectivity index (χ2n) is 2.71. The Labute approximate surface area is 67.9 Å². The van der Waals surface area contributed by atoms with E-state index in [9.17, 15) is 5.11 Å². The summed E-state index contributed by atoms with van der Waals surface area (Å²) in [5.41, 5.74) is 0. The number of unbranched alkanes of at least 4 members (excludes halogenated alkanes) is 2. The quantitative estimate of drug-likeness (QED) is 0.353. The third-order valence-corrected chi connectivity index (χ3v) is 1.72. The Hall–Kier alpha value is -0.120. The van der Waals surface area contributed by atoms with Crippen LogP contribution in [-0.2, 0) is 9.99 Å². The average molecular weight is 161 g/mol. The molecular formula is C8H17O3. The molecule has 0 fully saturated rings. The number of hydrogen-bond donors (Lipinski definition) is 1. The first-order chi connectivity index (χ1) is 5.31. The largest absolute Gasteiger partial charge is 0.252 e. The van der Waals surface area contributed by atoms with Crippen molar-refractivity contribution in [2.45, 2.75) is 45.1 Å². The molecule has 1 unspecified atom stereocenters. The second kappa shape index (κ2) is 7.98. The molecule has 0 aromatic carbocycles. The van der Waals surface area contributed by atoms with Crippen molar-refractivity contribution in [3.63, 3.8) is 0 Å². The van der Waals surface area contributed by atoms with Gasteiger partial charge in [-0.3, -0.25) is 5.26 Å². The smallest absolute Gasteiger partial charge is 0.0927 e. The van der Waals surface area contributed by atoms with Gasteiger partial charge in [0.1, 0.15) is 0 Å². The highest BCUT2D eigenvalue weighted by molar-refractivity contribution is 4.51. The Morgan fingerprint density at radius 2 is 2.09 bits per heavy atom. The fraction of sp³-hybridized carbons (Fsp3) is 1.00. The zero-order valence-corrected chi connectivity index (χ0v) is 7.08. The van der Waals surface area contributed by atoms with Crippen LogP contribution in [0.4, 0.5) is 0 Å². The zero-order valence-electron chi connectivity index (χ0n) is 7.08. The van der Waals surface area contributed by atoms with E-state index in [1.54, 1.807) is 0 Å². The van der Waals surface area contributed by atoms with E-state index < -0.39 is 6.10 Å². The molecule has 0 aliphatic carbocycles. The molecule has 0 amide bonds. The summed E-state index contributed by atoms with van der Waals surface area (Å²) in [7, 11) is 0. The molecular weight excluding hydrogens is 144 g/mol. The fourth-order valence-corrected chi connectivity index (χ4v) is 0.920. The van der Waals surface area contributed by atoms with E-state index in [4.69, 9.17) is 5.26 Å². The molecule has 0 aliphatic rings. The van der Waals surface area contributed by atoms with Crippen LogP contribution in [0.3, 0.4) is 0 Å². The number of hydrogen-bond acceptors (Lipinski definition) is 2. The van der Waals surface area contributed by atoms with Crippen molar-refractivity contribution in [3.8, 4) is 0 Å². The summed E-state index contributed by atoms with van der Waals surface area (Å²) in [6, 6.07) is 0. The summed E-state index contributed by atoms with van der Waals surface area (Å²) in [5, 5.41) is 18.8. The molecule has 1 N–H and O–H groups in total. The molecule has 1 atom stereocenters. The van der Waals surface area contributed by atoms with Crippen molar-refractivity contribution in [2.24, 2.45) is 0 Å². The molecule has 11 heavy (non-hydrogen) atoms. The molecule has 0 spiro atoms.